The lowest BCUT2D eigenvalue weighted by molar-refractivity contribution is -0.100. The van der Waals surface area contributed by atoms with E-state index in [1.165, 1.54) is 13.2 Å². The summed E-state index contributed by atoms with van der Waals surface area (Å²) in [7, 11) is 1.41. The standard InChI is InChI=1S/C14H21FN2O3/c1-14(2)8-17(6-9(7-18)20-14)12-5-13(19-3)10(15)4-11(12)16/h4-5,9,18H,6-8,16H2,1-3H3. The zero-order valence-corrected chi connectivity index (χ0v) is 12.0. The van der Waals surface area contributed by atoms with Gasteiger partial charge in [0.25, 0.3) is 0 Å². The third-order valence-corrected chi connectivity index (χ3v) is 3.33. The van der Waals surface area contributed by atoms with E-state index in [9.17, 15) is 9.50 Å². The minimum absolute atomic E-state index is 0.0713. The van der Waals surface area contributed by atoms with E-state index in [2.05, 4.69) is 0 Å². The maximum absolute atomic E-state index is 13.6. The molecule has 1 unspecified atom stereocenters. The van der Waals surface area contributed by atoms with Crippen LogP contribution in [0.2, 0.25) is 0 Å². The number of rotatable bonds is 3. The molecule has 1 heterocycles. The van der Waals surface area contributed by atoms with Gasteiger partial charge >= 0.3 is 0 Å². The van der Waals surface area contributed by atoms with Crippen LogP contribution < -0.4 is 15.4 Å². The Balaban J connectivity index is 2.34. The fourth-order valence-corrected chi connectivity index (χ4v) is 2.56. The van der Waals surface area contributed by atoms with E-state index < -0.39 is 11.4 Å². The first kappa shape index (κ1) is 14.9. The Bertz CT molecular complexity index is 494. The Morgan fingerprint density at radius 2 is 2.25 bits per heavy atom. The fourth-order valence-electron chi connectivity index (χ4n) is 2.56. The van der Waals surface area contributed by atoms with Crippen LogP contribution in [-0.4, -0.2) is 43.6 Å². The second-order valence-electron chi connectivity index (χ2n) is 5.61. The summed E-state index contributed by atoms with van der Waals surface area (Å²) >= 11 is 0. The lowest BCUT2D eigenvalue weighted by atomic mass is 10.0. The highest BCUT2D eigenvalue weighted by Gasteiger charge is 2.34. The molecule has 1 atom stereocenters. The van der Waals surface area contributed by atoms with Crippen LogP contribution in [0.25, 0.3) is 0 Å². The van der Waals surface area contributed by atoms with E-state index in [1.807, 2.05) is 18.7 Å². The maximum atomic E-state index is 13.6. The average molecular weight is 284 g/mol. The van der Waals surface area contributed by atoms with Gasteiger partial charge in [0.1, 0.15) is 0 Å². The van der Waals surface area contributed by atoms with Crippen molar-refractivity contribution in [2.45, 2.75) is 25.6 Å². The minimum atomic E-state index is -0.486. The number of nitrogen functional groups attached to an aromatic ring is 1. The van der Waals surface area contributed by atoms with E-state index in [0.29, 0.717) is 24.5 Å². The fraction of sp³-hybridized carbons (Fsp3) is 0.571. The Labute approximate surface area is 118 Å². The minimum Gasteiger partial charge on any atom is -0.494 e. The molecule has 112 valence electrons. The summed E-state index contributed by atoms with van der Waals surface area (Å²) in [5.74, 6) is -0.334. The van der Waals surface area contributed by atoms with Crippen molar-refractivity contribution in [2.24, 2.45) is 0 Å². The number of benzene rings is 1. The molecule has 0 bridgehead atoms. The number of morpholine rings is 1. The summed E-state index contributed by atoms with van der Waals surface area (Å²) in [6, 6.07) is 2.84. The van der Waals surface area contributed by atoms with Gasteiger partial charge < -0.3 is 25.2 Å². The number of hydrogen-bond acceptors (Lipinski definition) is 5. The molecule has 0 radical (unpaired) electrons. The van der Waals surface area contributed by atoms with Gasteiger partial charge in [-0.25, -0.2) is 4.39 Å². The van der Waals surface area contributed by atoms with E-state index in [1.54, 1.807) is 6.07 Å². The van der Waals surface area contributed by atoms with Gasteiger partial charge in [-0.1, -0.05) is 0 Å². The molecule has 1 aliphatic rings. The van der Waals surface area contributed by atoms with Crippen molar-refractivity contribution in [1.29, 1.82) is 0 Å². The molecule has 0 spiro atoms. The van der Waals surface area contributed by atoms with Gasteiger partial charge in [-0.15, -0.1) is 0 Å². The number of aliphatic hydroxyl groups excluding tert-OH is 1. The number of halogens is 1. The molecular weight excluding hydrogens is 263 g/mol. The summed E-state index contributed by atoms with van der Waals surface area (Å²) in [5, 5.41) is 9.33. The van der Waals surface area contributed by atoms with Crippen LogP contribution in [0.5, 0.6) is 5.75 Å². The predicted molar refractivity (Wildman–Crippen MR) is 75.6 cm³/mol. The number of ether oxygens (including phenoxy) is 2. The molecule has 6 heteroatoms. The van der Waals surface area contributed by atoms with Crippen molar-refractivity contribution in [3.63, 3.8) is 0 Å². The number of nitrogens with two attached hydrogens (primary N) is 1. The van der Waals surface area contributed by atoms with Gasteiger partial charge in [-0.2, -0.15) is 0 Å². The van der Waals surface area contributed by atoms with Crippen molar-refractivity contribution in [1.82, 2.24) is 0 Å². The van der Waals surface area contributed by atoms with Crippen LogP contribution in [0, 0.1) is 5.82 Å². The first-order valence-corrected chi connectivity index (χ1v) is 6.53. The second kappa shape index (κ2) is 5.46. The smallest absolute Gasteiger partial charge is 0.167 e. The van der Waals surface area contributed by atoms with Crippen LogP contribution in [0.3, 0.4) is 0 Å². The number of nitrogens with zero attached hydrogens (tertiary/aromatic N) is 1. The molecule has 3 N–H and O–H groups in total. The second-order valence-corrected chi connectivity index (χ2v) is 5.61. The normalized spacial score (nSPS) is 21.9. The Morgan fingerprint density at radius 3 is 2.85 bits per heavy atom. The SMILES string of the molecule is COc1cc(N2CC(CO)OC(C)(C)C2)c(N)cc1F. The molecule has 0 aliphatic carbocycles. The van der Waals surface area contributed by atoms with Gasteiger partial charge in [0.15, 0.2) is 11.6 Å². The van der Waals surface area contributed by atoms with Crippen molar-refractivity contribution in [2.75, 3.05) is 37.4 Å². The van der Waals surface area contributed by atoms with E-state index in [0.717, 1.165) is 0 Å². The first-order chi connectivity index (χ1) is 9.36. The highest BCUT2D eigenvalue weighted by atomic mass is 19.1. The number of anilines is 2. The van der Waals surface area contributed by atoms with E-state index in [4.69, 9.17) is 15.2 Å². The molecule has 5 nitrogen and oxygen atoms in total. The summed E-state index contributed by atoms with van der Waals surface area (Å²) in [6.07, 6.45) is -0.297. The first-order valence-electron chi connectivity index (χ1n) is 6.53. The number of methoxy groups -OCH3 is 1. The molecule has 20 heavy (non-hydrogen) atoms. The Morgan fingerprint density at radius 1 is 1.55 bits per heavy atom. The average Bonchev–Trinajstić information content (AvgIpc) is 2.37. The number of aliphatic hydroxyl groups is 1. The monoisotopic (exact) mass is 284 g/mol. The van der Waals surface area contributed by atoms with Crippen LogP contribution in [-0.2, 0) is 4.74 Å². The van der Waals surface area contributed by atoms with Crippen LogP contribution in [0.4, 0.5) is 15.8 Å². The summed E-state index contributed by atoms with van der Waals surface area (Å²) < 4.78 is 24.4. The highest BCUT2D eigenvalue weighted by Crippen LogP contribution is 2.34. The highest BCUT2D eigenvalue weighted by molar-refractivity contribution is 5.70. The van der Waals surface area contributed by atoms with Gasteiger partial charge in [-0.05, 0) is 13.8 Å². The quantitative estimate of drug-likeness (QED) is 0.821. The summed E-state index contributed by atoms with van der Waals surface area (Å²) in [5.41, 5.74) is 6.53. The molecular formula is C14H21FN2O3. The van der Waals surface area contributed by atoms with E-state index in [-0.39, 0.29) is 18.5 Å². The summed E-state index contributed by atoms with van der Waals surface area (Å²) in [4.78, 5) is 1.99. The molecule has 1 aromatic carbocycles. The zero-order chi connectivity index (χ0) is 14.9. The largest absolute Gasteiger partial charge is 0.494 e. The molecule has 1 aliphatic heterocycles. The lowest BCUT2D eigenvalue weighted by Gasteiger charge is -2.43. The Kier molecular flexibility index (Phi) is 4.06. The molecule has 1 saturated heterocycles. The molecule has 0 aromatic heterocycles. The number of hydrogen-bond donors (Lipinski definition) is 2. The van der Waals surface area contributed by atoms with Crippen LogP contribution in [0.15, 0.2) is 12.1 Å². The van der Waals surface area contributed by atoms with Crippen molar-refractivity contribution < 1.29 is 19.0 Å². The van der Waals surface area contributed by atoms with Crippen molar-refractivity contribution in [3.8, 4) is 5.75 Å². The maximum Gasteiger partial charge on any atom is 0.167 e. The van der Waals surface area contributed by atoms with E-state index >= 15 is 0 Å². The third-order valence-electron chi connectivity index (χ3n) is 3.33. The molecule has 2 rings (SSSR count). The summed E-state index contributed by atoms with van der Waals surface area (Å²) in [6.45, 7) is 4.91. The molecule has 0 amide bonds. The zero-order valence-electron chi connectivity index (χ0n) is 12.0. The van der Waals surface area contributed by atoms with Crippen LogP contribution in [0.1, 0.15) is 13.8 Å². The van der Waals surface area contributed by atoms with Gasteiger partial charge in [0, 0.05) is 25.2 Å². The van der Waals surface area contributed by atoms with Crippen molar-refractivity contribution in [3.05, 3.63) is 17.9 Å². The van der Waals surface area contributed by atoms with Gasteiger partial charge in [0.05, 0.1) is 36.8 Å². The molecule has 1 fully saturated rings. The van der Waals surface area contributed by atoms with Gasteiger partial charge in [-0.3, -0.25) is 0 Å². The van der Waals surface area contributed by atoms with Crippen LogP contribution >= 0.6 is 0 Å². The lowest BCUT2D eigenvalue weighted by Crippen LogP contribution is -2.54. The third kappa shape index (κ3) is 2.96. The molecule has 0 saturated carbocycles. The molecule has 1 aromatic rings. The van der Waals surface area contributed by atoms with Crippen molar-refractivity contribution >= 4 is 11.4 Å². The van der Waals surface area contributed by atoms with Gasteiger partial charge in [0.2, 0.25) is 0 Å². The topological polar surface area (TPSA) is 68.0 Å². The Hall–Kier alpha value is -1.53. The predicted octanol–water partition coefficient (Wildman–Crippen LogP) is 1.39.